The highest BCUT2D eigenvalue weighted by molar-refractivity contribution is 5.89. The zero-order valence-electron chi connectivity index (χ0n) is 30.8. The van der Waals surface area contributed by atoms with Gasteiger partial charge in [-0.15, -0.1) is 5.10 Å². The van der Waals surface area contributed by atoms with Gasteiger partial charge in [-0.1, -0.05) is 35.5 Å². The first-order valence-corrected chi connectivity index (χ1v) is 19.5. The molecule has 13 nitrogen and oxygen atoms in total. The Balaban J connectivity index is 1.02. The molecule has 9 rings (SSSR count). The Morgan fingerprint density at radius 2 is 1.62 bits per heavy atom. The SMILES string of the molecule is COc1cccc(CN2CCC3(CC2)CC(=O)N2CC[C@@H](n4cc(COc5ccccc5)nn4)C[C@H]2C(=O)N2CCC(CC2)N2CCC[C@H]2C(=O)N3)c1. The number of likely N-dealkylation sites (tertiary alicyclic amines) is 1. The number of amides is 3. The molecule has 6 fully saturated rings. The number of fused-ring (bicyclic) bond motifs is 4. The molecule has 2 aromatic carbocycles. The lowest BCUT2D eigenvalue weighted by atomic mass is 9.82. The summed E-state index contributed by atoms with van der Waals surface area (Å²) >= 11 is 0. The van der Waals surface area contributed by atoms with Crippen LogP contribution in [-0.4, -0.2) is 122 Å². The molecule has 0 saturated carbocycles. The van der Waals surface area contributed by atoms with Crippen LogP contribution in [0.3, 0.4) is 0 Å². The average Bonchev–Trinajstić information content (AvgIpc) is 3.89. The van der Waals surface area contributed by atoms with E-state index in [1.54, 1.807) is 7.11 Å². The van der Waals surface area contributed by atoms with Gasteiger partial charge in [0.25, 0.3) is 0 Å². The molecular weight excluding hydrogens is 672 g/mol. The summed E-state index contributed by atoms with van der Waals surface area (Å²) in [7, 11) is 1.68. The van der Waals surface area contributed by atoms with Gasteiger partial charge in [0.05, 0.1) is 37.4 Å². The van der Waals surface area contributed by atoms with Crippen molar-refractivity contribution in [3.05, 3.63) is 72.1 Å². The molecule has 13 heteroatoms. The maximum atomic E-state index is 14.6. The van der Waals surface area contributed by atoms with Crippen molar-refractivity contribution in [3.8, 4) is 11.5 Å². The maximum absolute atomic E-state index is 14.6. The largest absolute Gasteiger partial charge is 0.497 e. The van der Waals surface area contributed by atoms with Crippen LogP contribution in [0.1, 0.15) is 75.1 Å². The van der Waals surface area contributed by atoms with E-state index in [4.69, 9.17) is 9.47 Å². The van der Waals surface area contributed by atoms with Crippen LogP contribution < -0.4 is 14.8 Å². The van der Waals surface area contributed by atoms with E-state index in [1.165, 1.54) is 5.56 Å². The molecule has 3 atom stereocenters. The number of rotatable bonds is 7. The lowest BCUT2D eigenvalue weighted by Crippen LogP contribution is -2.63. The Kier molecular flexibility index (Phi) is 10.4. The Morgan fingerprint density at radius 1 is 0.849 bits per heavy atom. The van der Waals surface area contributed by atoms with Crippen molar-refractivity contribution in [3.63, 3.8) is 0 Å². The summed E-state index contributed by atoms with van der Waals surface area (Å²) in [4.78, 5) is 51.9. The Hall–Kier alpha value is -4.49. The van der Waals surface area contributed by atoms with E-state index < -0.39 is 11.6 Å². The summed E-state index contributed by atoms with van der Waals surface area (Å²) in [5.41, 5.74) is 1.20. The lowest BCUT2D eigenvalue weighted by Gasteiger charge is -2.47. The number of hydrogen-bond donors (Lipinski definition) is 1. The molecular formula is C40H52N8O5. The van der Waals surface area contributed by atoms with Gasteiger partial charge in [0, 0.05) is 45.3 Å². The van der Waals surface area contributed by atoms with Crippen LogP contribution in [0, 0.1) is 0 Å². The number of aromatic nitrogens is 3. The average molecular weight is 725 g/mol. The van der Waals surface area contributed by atoms with Crippen molar-refractivity contribution in [1.29, 1.82) is 0 Å². The zero-order valence-corrected chi connectivity index (χ0v) is 30.8. The van der Waals surface area contributed by atoms with Crippen molar-refractivity contribution in [1.82, 2.24) is 39.9 Å². The second-order valence-electron chi connectivity index (χ2n) is 15.6. The number of piperidine rings is 3. The Morgan fingerprint density at radius 3 is 2.42 bits per heavy atom. The molecule has 6 saturated heterocycles. The van der Waals surface area contributed by atoms with Crippen LogP contribution in [0.25, 0.3) is 0 Å². The normalized spacial score (nSPS) is 25.9. The molecule has 0 aliphatic carbocycles. The van der Waals surface area contributed by atoms with E-state index in [0.717, 1.165) is 63.4 Å². The molecule has 1 spiro atoms. The number of methoxy groups -OCH3 is 1. The van der Waals surface area contributed by atoms with Crippen molar-refractivity contribution < 1.29 is 23.9 Å². The van der Waals surface area contributed by atoms with Crippen LogP contribution in [0.2, 0.25) is 0 Å². The van der Waals surface area contributed by atoms with Gasteiger partial charge in [-0.25, -0.2) is 4.68 Å². The van der Waals surface area contributed by atoms with Gasteiger partial charge < -0.3 is 24.6 Å². The fourth-order valence-corrected chi connectivity index (χ4v) is 9.34. The summed E-state index contributed by atoms with van der Waals surface area (Å²) < 4.78 is 13.2. The summed E-state index contributed by atoms with van der Waals surface area (Å²) in [6.45, 7) is 5.17. The van der Waals surface area contributed by atoms with Crippen LogP contribution in [0.5, 0.6) is 11.5 Å². The molecule has 1 N–H and O–H groups in total. The van der Waals surface area contributed by atoms with Crippen molar-refractivity contribution >= 4 is 17.7 Å². The van der Waals surface area contributed by atoms with Crippen molar-refractivity contribution in [2.75, 3.05) is 46.4 Å². The topological polar surface area (TPSA) is 125 Å². The minimum absolute atomic E-state index is 0.0236. The maximum Gasteiger partial charge on any atom is 0.245 e. The highest BCUT2D eigenvalue weighted by atomic mass is 16.5. The third-order valence-electron chi connectivity index (χ3n) is 12.3. The van der Waals surface area contributed by atoms with Gasteiger partial charge >= 0.3 is 0 Å². The molecule has 282 valence electrons. The lowest BCUT2D eigenvalue weighted by molar-refractivity contribution is -0.152. The molecule has 7 heterocycles. The van der Waals surface area contributed by atoms with Crippen LogP contribution in [0.15, 0.2) is 60.8 Å². The van der Waals surface area contributed by atoms with Crippen molar-refractivity contribution in [2.45, 2.75) is 101 Å². The molecule has 2 bridgehead atoms. The minimum atomic E-state index is -0.680. The van der Waals surface area contributed by atoms with E-state index in [-0.39, 0.29) is 42.3 Å². The molecule has 0 radical (unpaired) electrons. The standard InChI is InChI=1S/C40H52N8O5/c1-52-34-10-5-7-29(23-34)26-44-21-15-40(16-22-44)25-37(49)47-20-14-32(48-27-30(42-43-48)28-53-33-8-3-2-4-9-33)24-36(47)39(51)45-18-12-31(13-19-45)46-17-6-11-35(46)38(50)41-40/h2-5,7-10,23,27,31-32,35-36H,6,11-22,24-26,28H2,1H3,(H,41,50)/t32-,35+,36+/m1/s1. The third-order valence-corrected chi connectivity index (χ3v) is 12.3. The number of hydrogen-bond acceptors (Lipinski definition) is 9. The first kappa shape index (κ1) is 35.5. The molecule has 6 aliphatic heterocycles. The number of carbonyl (C=O) groups is 3. The number of benzene rings is 2. The minimum Gasteiger partial charge on any atom is -0.497 e. The highest BCUT2D eigenvalue weighted by Gasteiger charge is 2.47. The van der Waals surface area contributed by atoms with Gasteiger partial charge in [0.2, 0.25) is 17.7 Å². The molecule has 6 aliphatic rings. The summed E-state index contributed by atoms with van der Waals surface area (Å²) in [6.07, 6.45) is 8.01. The van der Waals surface area contributed by atoms with Gasteiger partial charge in [-0.05, 0) is 87.7 Å². The van der Waals surface area contributed by atoms with Crippen LogP contribution in [0.4, 0.5) is 0 Å². The predicted molar refractivity (Wildman–Crippen MR) is 197 cm³/mol. The van der Waals surface area contributed by atoms with Gasteiger partial charge in [-0.2, -0.15) is 0 Å². The van der Waals surface area contributed by atoms with E-state index in [9.17, 15) is 14.4 Å². The molecule has 3 aromatic rings. The van der Waals surface area contributed by atoms with E-state index in [1.807, 2.05) is 63.1 Å². The van der Waals surface area contributed by atoms with Gasteiger partial charge in [0.15, 0.2) is 0 Å². The molecule has 0 unspecified atom stereocenters. The number of nitrogens with one attached hydrogen (secondary N) is 1. The highest BCUT2D eigenvalue weighted by Crippen LogP contribution is 2.35. The van der Waals surface area contributed by atoms with E-state index in [0.29, 0.717) is 57.6 Å². The zero-order chi connectivity index (χ0) is 36.4. The number of ether oxygens (including phenoxy) is 2. The Bertz CT molecular complexity index is 1750. The quantitative estimate of drug-likeness (QED) is 0.391. The van der Waals surface area contributed by atoms with Gasteiger partial charge in [-0.3, -0.25) is 24.2 Å². The van der Waals surface area contributed by atoms with Crippen molar-refractivity contribution in [2.24, 2.45) is 0 Å². The molecule has 1 aromatic heterocycles. The first-order valence-electron chi connectivity index (χ1n) is 19.5. The van der Waals surface area contributed by atoms with Crippen LogP contribution in [-0.2, 0) is 27.5 Å². The smallest absolute Gasteiger partial charge is 0.245 e. The number of nitrogens with zero attached hydrogens (tertiary/aromatic N) is 7. The summed E-state index contributed by atoms with van der Waals surface area (Å²) in [5, 5.41) is 12.3. The van der Waals surface area contributed by atoms with E-state index in [2.05, 4.69) is 37.6 Å². The second kappa shape index (κ2) is 15.5. The fourth-order valence-electron chi connectivity index (χ4n) is 9.34. The van der Waals surface area contributed by atoms with Crippen LogP contribution >= 0.6 is 0 Å². The molecule has 53 heavy (non-hydrogen) atoms. The summed E-state index contributed by atoms with van der Waals surface area (Å²) in [6, 6.07) is 17.1. The molecule has 3 amide bonds. The number of para-hydroxylation sites is 1. The third kappa shape index (κ3) is 7.77. The predicted octanol–water partition coefficient (Wildman–Crippen LogP) is 3.41. The first-order chi connectivity index (χ1) is 25.9. The second-order valence-corrected chi connectivity index (χ2v) is 15.6. The number of carbonyl (C=O) groups excluding carboxylic acids is 3. The van der Waals surface area contributed by atoms with E-state index >= 15 is 0 Å². The fraction of sp³-hybridized carbons (Fsp3) is 0.575. The van der Waals surface area contributed by atoms with Gasteiger partial charge in [0.1, 0.15) is 29.8 Å². The Labute approximate surface area is 311 Å². The summed E-state index contributed by atoms with van der Waals surface area (Å²) in [5.74, 6) is 1.62. The monoisotopic (exact) mass is 724 g/mol.